The highest BCUT2D eigenvalue weighted by Crippen LogP contribution is 2.26. The van der Waals surface area contributed by atoms with E-state index >= 15 is 0 Å². The van der Waals surface area contributed by atoms with Crippen molar-refractivity contribution in [1.29, 1.82) is 0 Å². The molecule has 3 heterocycles. The monoisotopic (exact) mass is 247 g/mol. The van der Waals surface area contributed by atoms with Gasteiger partial charge in [-0.3, -0.25) is 0 Å². The lowest BCUT2D eigenvalue weighted by atomic mass is 10.2. The van der Waals surface area contributed by atoms with Crippen LogP contribution in [0.1, 0.15) is 23.2 Å². The molecule has 0 aliphatic heterocycles. The van der Waals surface area contributed by atoms with Gasteiger partial charge in [0.05, 0.1) is 18.0 Å². The van der Waals surface area contributed by atoms with Gasteiger partial charge in [0.25, 0.3) is 0 Å². The van der Waals surface area contributed by atoms with Crippen molar-refractivity contribution in [2.45, 2.75) is 19.9 Å². The van der Waals surface area contributed by atoms with Crippen molar-refractivity contribution in [3.8, 4) is 0 Å². The first-order valence-electron chi connectivity index (χ1n) is 5.59. The molecule has 3 N–H and O–H groups in total. The number of hydrogen-bond donors (Lipinski definition) is 2. The number of aliphatic hydroxyl groups excluding tert-OH is 1. The van der Waals surface area contributed by atoms with Crippen molar-refractivity contribution in [1.82, 2.24) is 19.6 Å². The lowest BCUT2D eigenvalue weighted by Gasteiger charge is -1.99. The van der Waals surface area contributed by atoms with E-state index in [4.69, 9.17) is 15.3 Å². The number of nitrogens with two attached hydrogens (primary N) is 1. The zero-order valence-electron chi connectivity index (χ0n) is 10.1. The lowest BCUT2D eigenvalue weighted by Crippen LogP contribution is -2.16. The van der Waals surface area contributed by atoms with Gasteiger partial charge in [-0.1, -0.05) is 0 Å². The Kier molecular flexibility index (Phi) is 2.32. The highest BCUT2D eigenvalue weighted by Gasteiger charge is 2.17. The Labute approximate surface area is 102 Å². The predicted molar refractivity (Wildman–Crippen MR) is 64.0 cm³/mol. The Hall–Kier alpha value is -1.99. The first kappa shape index (κ1) is 11.1. The Morgan fingerprint density at radius 3 is 3.00 bits per heavy atom. The van der Waals surface area contributed by atoms with Gasteiger partial charge in [0.2, 0.25) is 5.71 Å². The minimum atomic E-state index is -0.590. The molecular weight excluding hydrogens is 234 g/mol. The Bertz CT molecular complexity index is 730. The standard InChI is InChI=1S/C11H13N5O2/c1-5-6(2)18-11-8(5)10-14-9(7(12)3-17)15-16(10)4-13-11/h4,7,17H,3,12H2,1-2H3/t7-/m0/s1. The van der Waals surface area contributed by atoms with E-state index in [0.29, 0.717) is 17.2 Å². The summed E-state index contributed by atoms with van der Waals surface area (Å²) in [5.41, 5.74) is 7.88. The van der Waals surface area contributed by atoms with E-state index in [2.05, 4.69) is 15.1 Å². The molecule has 3 aromatic heterocycles. The zero-order chi connectivity index (χ0) is 12.9. The Morgan fingerprint density at radius 1 is 1.50 bits per heavy atom. The number of nitrogens with zero attached hydrogens (tertiary/aromatic N) is 4. The predicted octanol–water partition coefficient (Wildman–Crippen LogP) is 0.479. The van der Waals surface area contributed by atoms with E-state index in [1.54, 1.807) is 4.52 Å². The molecule has 0 aromatic carbocycles. The van der Waals surface area contributed by atoms with Gasteiger partial charge in [0, 0.05) is 5.56 Å². The average Bonchev–Trinajstić information content (AvgIpc) is 2.90. The van der Waals surface area contributed by atoms with Crippen LogP contribution in [-0.4, -0.2) is 31.3 Å². The first-order chi connectivity index (χ1) is 8.61. The van der Waals surface area contributed by atoms with Gasteiger partial charge < -0.3 is 15.3 Å². The molecule has 0 radical (unpaired) electrons. The summed E-state index contributed by atoms with van der Waals surface area (Å²) >= 11 is 0. The second-order valence-corrected chi connectivity index (χ2v) is 4.24. The van der Waals surface area contributed by atoms with Crippen LogP contribution in [0.2, 0.25) is 0 Å². The molecule has 0 saturated carbocycles. The third-order valence-electron chi connectivity index (χ3n) is 3.05. The SMILES string of the molecule is Cc1oc2ncn3nc([C@@H](N)CO)nc3c2c1C. The fourth-order valence-electron chi connectivity index (χ4n) is 1.90. The summed E-state index contributed by atoms with van der Waals surface area (Å²) in [6.45, 7) is 3.63. The average molecular weight is 247 g/mol. The molecule has 18 heavy (non-hydrogen) atoms. The van der Waals surface area contributed by atoms with E-state index in [0.717, 1.165) is 16.7 Å². The third kappa shape index (κ3) is 1.41. The van der Waals surface area contributed by atoms with Crippen LogP contribution >= 0.6 is 0 Å². The molecule has 0 amide bonds. The van der Waals surface area contributed by atoms with Crippen molar-refractivity contribution >= 4 is 16.7 Å². The first-order valence-corrected chi connectivity index (χ1v) is 5.59. The molecule has 0 aliphatic carbocycles. The summed E-state index contributed by atoms with van der Waals surface area (Å²) in [7, 11) is 0. The minimum Gasteiger partial charge on any atom is -0.443 e. The van der Waals surface area contributed by atoms with Crippen molar-refractivity contribution in [3.63, 3.8) is 0 Å². The molecule has 0 fully saturated rings. The summed E-state index contributed by atoms with van der Waals surface area (Å²) in [5, 5.41) is 14.1. The molecule has 0 saturated heterocycles. The summed E-state index contributed by atoms with van der Waals surface area (Å²) in [6, 6.07) is -0.590. The fraction of sp³-hybridized carbons (Fsp3) is 0.364. The van der Waals surface area contributed by atoms with Crippen LogP contribution in [0.25, 0.3) is 16.7 Å². The smallest absolute Gasteiger partial charge is 0.231 e. The highest BCUT2D eigenvalue weighted by molar-refractivity contribution is 5.91. The molecule has 94 valence electrons. The topological polar surface area (TPSA) is 102 Å². The summed E-state index contributed by atoms with van der Waals surface area (Å²) < 4.78 is 7.08. The fourth-order valence-corrected chi connectivity index (χ4v) is 1.90. The number of aliphatic hydroxyl groups is 1. The van der Waals surface area contributed by atoms with Gasteiger partial charge in [0.1, 0.15) is 12.1 Å². The van der Waals surface area contributed by atoms with Crippen molar-refractivity contribution in [2.24, 2.45) is 5.73 Å². The summed E-state index contributed by atoms with van der Waals surface area (Å²) in [4.78, 5) is 8.53. The molecule has 7 nitrogen and oxygen atoms in total. The van der Waals surface area contributed by atoms with Crippen LogP contribution in [-0.2, 0) is 0 Å². The van der Waals surface area contributed by atoms with Gasteiger partial charge in [-0.05, 0) is 13.8 Å². The molecule has 7 heteroatoms. The van der Waals surface area contributed by atoms with Gasteiger partial charge >= 0.3 is 0 Å². The molecule has 1 atom stereocenters. The number of furan rings is 1. The van der Waals surface area contributed by atoms with E-state index in [1.165, 1.54) is 6.33 Å². The molecule has 0 aliphatic rings. The second-order valence-electron chi connectivity index (χ2n) is 4.24. The Balaban J connectivity index is 2.36. The second kappa shape index (κ2) is 3.76. The van der Waals surface area contributed by atoms with Crippen molar-refractivity contribution in [3.05, 3.63) is 23.5 Å². The number of rotatable bonds is 2. The number of hydrogen-bond acceptors (Lipinski definition) is 6. The molecule has 0 spiro atoms. The van der Waals surface area contributed by atoms with Crippen LogP contribution in [0.5, 0.6) is 0 Å². The van der Waals surface area contributed by atoms with Crippen LogP contribution in [0.3, 0.4) is 0 Å². The molecule has 0 unspecified atom stereocenters. The van der Waals surface area contributed by atoms with Gasteiger partial charge in [-0.25, -0.2) is 14.5 Å². The van der Waals surface area contributed by atoms with Crippen LogP contribution in [0.15, 0.2) is 10.7 Å². The maximum atomic E-state index is 9.04. The van der Waals surface area contributed by atoms with Crippen LogP contribution in [0, 0.1) is 13.8 Å². The van der Waals surface area contributed by atoms with E-state index in [-0.39, 0.29) is 6.61 Å². The summed E-state index contributed by atoms with van der Waals surface area (Å²) in [5.74, 6) is 1.20. The minimum absolute atomic E-state index is 0.198. The van der Waals surface area contributed by atoms with Gasteiger partial charge in [-0.15, -0.1) is 5.10 Å². The summed E-state index contributed by atoms with van der Waals surface area (Å²) in [6.07, 6.45) is 1.53. The maximum absolute atomic E-state index is 9.04. The van der Waals surface area contributed by atoms with Crippen molar-refractivity contribution < 1.29 is 9.52 Å². The number of aromatic nitrogens is 4. The normalized spacial score (nSPS) is 13.6. The maximum Gasteiger partial charge on any atom is 0.231 e. The van der Waals surface area contributed by atoms with E-state index < -0.39 is 6.04 Å². The van der Waals surface area contributed by atoms with Crippen LogP contribution in [0.4, 0.5) is 0 Å². The quantitative estimate of drug-likeness (QED) is 0.682. The van der Waals surface area contributed by atoms with E-state index in [1.807, 2.05) is 13.8 Å². The van der Waals surface area contributed by atoms with Crippen molar-refractivity contribution in [2.75, 3.05) is 6.61 Å². The molecule has 3 aromatic rings. The number of fused-ring (bicyclic) bond motifs is 3. The third-order valence-corrected chi connectivity index (χ3v) is 3.05. The molecular formula is C11H13N5O2. The molecule has 0 bridgehead atoms. The largest absolute Gasteiger partial charge is 0.443 e. The van der Waals surface area contributed by atoms with Crippen LogP contribution < -0.4 is 5.73 Å². The lowest BCUT2D eigenvalue weighted by molar-refractivity contribution is 0.263. The van der Waals surface area contributed by atoms with Gasteiger partial charge in [0.15, 0.2) is 11.5 Å². The van der Waals surface area contributed by atoms with E-state index in [9.17, 15) is 0 Å². The highest BCUT2D eigenvalue weighted by atomic mass is 16.3. The zero-order valence-corrected chi connectivity index (χ0v) is 10.1. The number of aryl methyl sites for hydroxylation is 2. The molecule has 3 rings (SSSR count). The van der Waals surface area contributed by atoms with Gasteiger partial charge in [-0.2, -0.15) is 0 Å². The Morgan fingerprint density at radius 2 is 2.28 bits per heavy atom.